The summed E-state index contributed by atoms with van der Waals surface area (Å²) in [6.45, 7) is 6.83. The summed E-state index contributed by atoms with van der Waals surface area (Å²) < 4.78 is 6.38. The van der Waals surface area contributed by atoms with Crippen molar-refractivity contribution in [3.05, 3.63) is 64.1 Å². The Hall–Kier alpha value is -2.34. The molecule has 5 nitrogen and oxygen atoms in total. The van der Waals surface area contributed by atoms with E-state index in [9.17, 15) is 9.59 Å². The van der Waals surface area contributed by atoms with Gasteiger partial charge < -0.3 is 15.4 Å². The predicted octanol–water partition coefficient (Wildman–Crippen LogP) is 4.10. The highest BCUT2D eigenvalue weighted by Gasteiger charge is 2.24. The van der Waals surface area contributed by atoms with E-state index in [1.807, 2.05) is 51.1 Å². The average molecular weight is 447 g/mol. The number of hydrogen-bond acceptors (Lipinski definition) is 3. The molecule has 0 spiro atoms. The molecule has 0 heterocycles. The van der Waals surface area contributed by atoms with Gasteiger partial charge in [-0.25, -0.2) is 0 Å². The second-order valence-corrected chi connectivity index (χ2v) is 7.84. The van der Waals surface area contributed by atoms with E-state index in [4.69, 9.17) is 4.74 Å². The van der Waals surface area contributed by atoms with Crippen LogP contribution in [0.25, 0.3) is 0 Å². The molecule has 0 aliphatic carbocycles. The van der Waals surface area contributed by atoms with Gasteiger partial charge in [-0.3, -0.25) is 9.59 Å². The summed E-state index contributed by atoms with van der Waals surface area (Å²) in [5, 5.41) is 5.72. The van der Waals surface area contributed by atoms with Crippen LogP contribution in [0, 0.1) is 12.8 Å². The fourth-order valence-corrected chi connectivity index (χ4v) is 3.15. The van der Waals surface area contributed by atoms with Crippen molar-refractivity contribution >= 4 is 27.7 Å². The van der Waals surface area contributed by atoms with Gasteiger partial charge >= 0.3 is 0 Å². The molecule has 28 heavy (non-hydrogen) atoms. The molecule has 0 aliphatic heterocycles. The minimum absolute atomic E-state index is 0.0324. The fourth-order valence-electron chi connectivity index (χ4n) is 2.69. The Morgan fingerprint density at radius 1 is 1.11 bits per heavy atom. The maximum atomic E-state index is 12.5. The molecule has 2 aromatic rings. The van der Waals surface area contributed by atoms with E-state index in [1.165, 1.54) is 0 Å². The molecule has 0 saturated carbocycles. The van der Waals surface area contributed by atoms with Crippen molar-refractivity contribution in [2.75, 3.05) is 13.2 Å². The first-order valence-electron chi connectivity index (χ1n) is 9.41. The molecular formula is C22H27BrN2O3. The first kappa shape index (κ1) is 22.0. The molecule has 0 radical (unpaired) electrons. The van der Waals surface area contributed by atoms with Gasteiger partial charge in [-0.15, -0.1) is 0 Å². The average Bonchev–Trinajstić information content (AvgIpc) is 2.65. The fraction of sp³-hybridized carbons (Fsp3) is 0.364. The summed E-state index contributed by atoms with van der Waals surface area (Å²) in [6.07, 6.45) is 0.683. The van der Waals surface area contributed by atoms with E-state index >= 15 is 0 Å². The van der Waals surface area contributed by atoms with Crippen LogP contribution in [0.4, 0.5) is 0 Å². The van der Waals surface area contributed by atoms with Gasteiger partial charge in [0.15, 0.2) is 0 Å². The van der Waals surface area contributed by atoms with Gasteiger partial charge in [-0.05, 0) is 65.0 Å². The molecule has 6 heteroatoms. The lowest BCUT2D eigenvalue weighted by Gasteiger charge is -2.22. The third-order valence-electron chi connectivity index (χ3n) is 4.23. The van der Waals surface area contributed by atoms with E-state index in [0.29, 0.717) is 29.6 Å². The van der Waals surface area contributed by atoms with Gasteiger partial charge in [-0.1, -0.05) is 38.1 Å². The zero-order valence-electron chi connectivity index (χ0n) is 16.5. The smallest absolute Gasteiger partial charge is 0.253 e. The summed E-state index contributed by atoms with van der Waals surface area (Å²) in [5.41, 5.74) is 1.65. The second kappa shape index (κ2) is 10.9. The topological polar surface area (TPSA) is 67.4 Å². The van der Waals surface area contributed by atoms with Crippen molar-refractivity contribution in [3.63, 3.8) is 0 Å². The number of rotatable bonds is 9. The maximum absolute atomic E-state index is 12.5. The minimum Gasteiger partial charge on any atom is -0.494 e. The van der Waals surface area contributed by atoms with Crippen LogP contribution in [0.15, 0.2) is 53.0 Å². The molecule has 0 saturated heterocycles. The van der Waals surface area contributed by atoms with Crippen LogP contribution in [0.2, 0.25) is 0 Å². The number of nitrogens with one attached hydrogen (secondary N) is 2. The number of benzene rings is 2. The second-order valence-electron chi connectivity index (χ2n) is 6.98. The summed E-state index contributed by atoms with van der Waals surface area (Å²) in [5.74, 6) is 0.331. The van der Waals surface area contributed by atoms with Crippen LogP contribution in [-0.4, -0.2) is 31.0 Å². The van der Waals surface area contributed by atoms with E-state index in [1.54, 1.807) is 18.2 Å². The Balaban J connectivity index is 1.80. The Bertz CT molecular complexity index is 808. The van der Waals surface area contributed by atoms with E-state index in [2.05, 4.69) is 26.6 Å². The highest BCUT2D eigenvalue weighted by Crippen LogP contribution is 2.16. The molecule has 150 valence electrons. The number of carbonyl (C=O) groups excluding carboxylic acids is 2. The van der Waals surface area contributed by atoms with Crippen molar-refractivity contribution in [2.24, 2.45) is 5.92 Å². The lowest BCUT2D eigenvalue weighted by atomic mass is 10.0. The summed E-state index contributed by atoms with van der Waals surface area (Å²) in [7, 11) is 0. The van der Waals surface area contributed by atoms with Gasteiger partial charge in [0.2, 0.25) is 5.91 Å². The first-order valence-corrected chi connectivity index (χ1v) is 10.2. The standard InChI is InChI=1S/C22H27BrN2O3/c1-15(2)20(25-21(26)18-10-4-5-11-19(18)23)22(27)24-12-7-13-28-17-9-6-8-16(3)14-17/h4-6,8-11,14-15,20H,7,12-13H2,1-3H3,(H,24,27)(H,25,26)/t20-/m0/s1. The van der Waals surface area contributed by atoms with Gasteiger partial charge in [0.05, 0.1) is 12.2 Å². The number of hydrogen-bond donors (Lipinski definition) is 2. The Morgan fingerprint density at radius 3 is 2.54 bits per heavy atom. The Morgan fingerprint density at radius 2 is 1.86 bits per heavy atom. The normalized spacial score (nSPS) is 11.8. The number of halogens is 1. The molecule has 2 rings (SSSR count). The SMILES string of the molecule is Cc1cccc(OCCCNC(=O)[C@@H](NC(=O)c2ccccc2Br)C(C)C)c1. The van der Waals surface area contributed by atoms with Gasteiger partial charge in [0.1, 0.15) is 11.8 Å². The third kappa shape index (κ3) is 6.68. The predicted molar refractivity (Wildman–Crippen MR) is 115 cm³/mol. The number of amides is 2. The molecule has 0 bridgehead atoms. The van der Waals surface area contributed by atoms with E-state index in [0.717, 1.165) is 11.3 Å². The molecule has 2 aromatic carbocycles. The van der Waals surface area contributed by atoms with E-state index in [-0.39, 0.29) is 17.7 Å². The van der Waals surface area contributed by atoms with Crippen LogP contribution in [-0.2, 0) is 4.79 Å². The summed E-state index contributed by atoms with van der Waals surface area (Å²) in [4.78, 5) is 25.0. The lowest BCUT2D eigenvalue weighted by Crippen LogP contribution is -2.50. The van der Waals surface area contributed by atoms with Gasteiger partial charge in [0.25, 0.3) is 5.91 Å². The zero-order chi connectivity index (χ0) is 20.5. The number of aryl methyl sites for hydroxylation is 1. The van der Waals surface area contributed by atoms with Crippen LogP contribution in [0.5, 0.6) is 5.75 Å². The van der Waals surface area contributed by atoms with Crippen molar-refractivity contribution in [1.29, 1.82) is 0 Å². The van der Waals surface area contributed by atoms with Crippen LogP contribution < -0.4 is 15.4 Å². The molecular weight excluding hydrogens is 420 g/mol. The molecule has 2 amide bonds. The Kier molecular flexibility index (Phi) is 8.51. The van der Waals surface area contributed by atoms with Crippen molar-refractivity contribution in [3.8, 4) is 5.75 Å². The molecule has 0 aliphatic rings. The highest BCUT2D eigenvalue weighted by atomic mass is 79.9. The number of carbonyl (C=O) groups is 2. The summed E-state index contributed by atoms with van der Waals surface area (Å²) in [6, 6.07) is 14.4. The van der Waals surface area contributed by atoms with Crippen molar-refractivity contribution in [2.45, 2.75) is 33.2 Å². The highest BCUT2D eigenvalue weighted by molar-refractivity contribution is 9.10. The summed E-state index contributed by atoms with van der Waals surface area (Å²) >= 11 is 3.37. The van der Waals surface area contributed by atoms with Gasteiger partial charge in [-0.2, -0.15) is 0 Å². The monoisotopic (exact) mass is 446 g/mol. The van der Waals surface area contributed by atoms with E-state index < -0.39 is 6.04 Å². The quantitative estimate of drug-likeness (QED) is 0.569. The lowest BCUT2D eigenvalue weighted by molar-refractivity contribution is -0.123. The maximum Gasteiger partial charge on any atom is 0.253 e. The van der Waals surface area contributed by atoms with Crippen LogP contribution in [0.3, 0.4) is 0 Å². The van der Waals surface area contributed by atoms with Crippen LogP contribution >= 0.6 is 15.9 Å². The van der Waals surface area contributed by atoms with Crippen molar-refractivity contribution < 1.29 is 14.3 Å². The molecule has 0 fully saturated rings. The third-order valence-corrected chi connectivity index (χ3v) is 4.92. The molecule has 0 aromatic heterocycles. The number of ether oxygens (including phenoxy) is 1. The molecule has 2 N–H and O–H groups in total. The van der Waals surface area contributed by atoms with Gasteiger partial charge in [0, 0.05) is 11.0 Å². The first-order chi connectivity index (χ1) is 13.4. The Labute approximate surface area is 175 Å². The van der Waals surface area contributed by atoms with Crippen molar-refractivity contribution in [1.82, 2.24) is 10.6 Å². The minimum atomic E-state index is -0.600. The molecule has 0 unspecified atom stereocenters. The van der Waals surface area contributed by atoms with Crippen LogP contribution in [0.1, 0.15) is 36.2 Å². The largest absolute Gasteiger partial charge is 0.494 e. The molecule has 1 atom stereocenters. The zero-order valence-corrected chi connectivity index (χ0v) is 18.1.